The van der Waals surface area contributed by atoms with Crippen molar-refractivity contribution in [3.8, 4) is 0 Å². The van der Waals surface area contributed by atoms with E-state index in [0.717, 1.165) is 0 Å². The van der Waals surface area contributed by atoms with Gasteiger partial charge in [0.2, 0.25) is 0 Å². The van der Waals surface area contributed by atoms with Gasteiger partial charge in [0.25, 0.3) is 0 Å². The predicted octanol–water partition coefficient (Wildman–Crippen LogP) is -2.89. The van der Waals surface area contributed by atoms with E-state index in [4.69, 9.17) is 40.2 Å². The monoisotopic (exact) mass is 258 g/mol. The maximum absolute atomic E-state index is 9.12. The molecule has 0 amide bonds. The Morgan fingerprint density at radius 1 is 0.765 bits per heavy atom. The van der Waals surface area contributed by atoms with E-state index in [-0.39, 0.29) is 13.2 Å². The van der Waals surface area contributed by atoms with Gasteiger partial charge in [-0.15, -0.1) is 0 Å². The van der Waals surface area contributed by atoms with Crippen LogP contribution in [0.5, 0.6) is 0 Å². The second-order valence-corrected chi connectivity index (χ2v) is 2.16. The van der Waals surface area contributed by atoms with Crippen LogP contribution in [0.4, 0.5) is 0 Å². The first-order valence-electron chi connectivity index (χ1n) is 4.40. The standard InChI is InChI=1S/C4H10O3.2C2H4O3/c5-1-3-7-4-2-6;2*3-1-2(4)5/h5-6H,1-4H2;2*3H,1H2,(H,4,5). The molecule has 0 aromatic rings. The Morgan fingerprint density at radius 2 is 1.00 bits per heavy atom. The fraction of sp³-hybridized carbons (Fsp3) is 0.750. The molecule has 9 nitrogen and oxygen atoms in total. The van der Waals surface area contributed by atoms with Gasteiger partial charge in [-0.2, -0.15) is 0 Å². The first kappa shape index (κ1) is 21.1. The minimum atomic E-state index is -1.19. The van der Waals surface area contributed by atoms with Crippen molar-refractivity contribution in [2.45, 2.75) is 0 Å². The van der Waals surface area contributed by atoms with Crippen molar-refractivity contribution in [2.24, 2.45) is 0 Å². The van der Waals surface area contributed by atoms with Gasteiger partial charge in [0.15, 0.2) is 0 Å². The zero-order valence-electron chi connectivity index (χ0n) is 9.15. The molecular formula is C8H18O9. The Hall–Kier alpha value is -1.26. The highest BCUT2D eigenvalue weighted by atomic mass is 16.5. The minimum Gasteiger partial charge on any atom is -0.480 e. The van der Waals surface area contributed by atoms with E-state index >= 15 is 0 Å². The molecule has 0 saturated heterocycles. The SMILES string of the molecule is O=C(O)CO.O=C(O)CO.OCCOCCO. The summed E-state index contributed by atoms with van der Waals surface area (Å²) in [6.45, 7) is -0.860. The lowest BCUT2D eigenvalue weighted by Gasteiger charge is -1.94. The number of rotatable bonds is 6. The van der Waals surface area contributed by atoms with Crippen LogP contribution in [-0.4, -0.2) is 82.2 Å². The van der Waals surface area contributed by atoms with Crippen molar-refractivity contribution in [2.75, 3.05) is 39.6 Å². The van der Waals surface area contributed by atoms with Crippen LogP contribution in [0.3, 0.4) is 0 Å². The van der Waals surface area contributed by atoms with Gasteiger partial charge in [0.05, 0.1) is 26.4 Å². The second kappa shape index (κ2) is 20.2. The van der Waals surface area contributed by atoms with Gasteiger partial charge in [-0.3, -0.25) is 0 Å². The smallest absolute Gasteiger partial charge is 0.329 e. The van der Waals surface area contributed by atoms with Gasteiger partial charge in [-0.05, 0) is 0 Å². The topological polar surface area (TPSA) is 165 Å². The molecule has 104 valence electrons. The molecule has 0 bridgehead atoms. The van der Waals surface area contributed by atoms with Crippen LogP contribution in [0.15, 0.2) is 0 Å². The summed E-state index contributed by atoms with van der Waals surface area (Å²) < 4.78 is 4.63. The number of hydrogen-bond acceptors (Lipinski definition) is 7. The van der Waals surface area contributed by atoms with Crippen molar-refractivity contribution in [1.82, 2.24) is 0 Å². The zero-order chi connectivity index (χ0) is 14.1. The molecule has 9 heteroatoms. The predicted molar refractivity (Wildman–Crippen MR) is 54.4 cm³/mol. The third-order valence-electron chi connectivity index (χ3n) is 0.742. The van der Waals surface area contributed by atoms with Crippen molar-refractivity contribution in [3.05, 3.63) is 0 Å². The number of carboxylic acid groups (broad SMARTS) is 2. The quantitative estimate of drug-likeness (QED) is 0.274. The zero-order valence-corrected chi connectivity index (χ0v) is 9.15. The third kappa shape index (κ3) is 52.7. The molecule has 0 saturated carbocycles. The second-order valence-electron chi connectivity index (χ2n) is 2.16. The van der Waals surface area contributed by atoms with E-state index in [1.54, 1.807) is 0 Å². The lowest BCUT2D eigenvalue weighted by molar-refractivity contribution is -0.141. The first-order valence-corrected chi connectivity index (χ1v) is 4.40. The molecule has 0 heterocycles. The van der Waals surface area contributed by atoms with Crippen molar-refractivity contribution >= 4 is 11.9 Å². The normalized spacial score (nSPS) is 8.24. The van der Waals surface area contributed by atoms with Crippen LogP contribution in [0.2, 0.25) is 0 Å². The van der Waals surface area contributed by atoms with E-state index in [1.165, 1.54) is 0 Å². The largest absolute Gasteiger partial charge is 0.480 e. The fourth-order valence-electron chi connectivity index (χ4n) is 0.231. The Kier molecular flexibility index (Phi) is 25.0. The maximum atomic E-state index is 9.12. The van der Waals surface area contributed by atoms with Crippen LogP contribution in [0.25, 0.3) is 0 Å². The first-order chi connectivity index (χ1) is 7.95. The van der Waals surface area contributed by atoms with Gasteiger partial charge in [0, 0.05) is 0 Å². The number of hydrogen-bond donors (Lipinski definition) is 6. The summed E-state index contributed by atoms with van der Waals surface area (Å²) >= 11 is 0. The summed E-state index contributed by atoms with van der Waals surface area (Å²) in [6, 6.07) is 0. The van der Waals surface area contributed by atoms with Crippen LogP contribution >= 0.6 is 0 Å². The number of ether oxygens (including phenoxy) is 1. The molecule has 0 spiro atoms. The van der Waals surface area contributed by atoms with E-state index in [0.29, 0.717) is 13.2 Å². The summed E-state index contributed by atoms with van der Waals surface area (Å²) in [5.74, 6) is -2.38. The molecular weight excluding hydrogens is 240 g/mol. The Bertz CT molecular complexity index is 152. The highest BCUT2D eigenvalue weighted by Crippen LogP contribution is 1.68. The Balaban J connectivity index is -0.000000177. The number of carboxylic acids is 2. The summed E-state index contributed by atoms with van der Waals surface area (Å²) in [4.78, 5) is 18.2. The molecule has 0 atom stereocenters. The number of aliphatic hydroxyl groups excluding tert-OH is 4. The molecule has 0 rings (SSSR count). The highest BCUT2D eigenvalue weighted by molar-refractivity contribution is 5.67. The molecule has 17 heavy (non-hydrogen) atoms. The average Bonchev–Trinajstić information content (AvgIpc) is 2.31. The van der Waals surface area contributed by atoms with Crippen LogP contribution in [0, 0.1) is 0 Å². The summed E-state index contributed by atoms with van der Waals surface area (Å²) in [5, 5.41) is 46.2. The summed E-state index contributed by atoms with van der Waals surface area (Å²) in [6.07, 6.45) is 0. The van der Waals surface area contributed by atoms with Crippen LogP contribution in [-0.2, 0) is 14.3 Å². The van der Waals surface area contributed by atoms with Gasteiger partial charge in [0.1, 0.15) is 13.2 Å². The summed E-state index contributed by atoms with van der Waals surface area (Å²) in [7, 11) is 0. The Labute approximate surface area is 97.5 Å². The Morgan fingerprint density at radius 3 is 1.12 bits per heavy atom. The fourth-order valence-corrected chi connectivity index (χ4v) is 0.231. The molecule has 0 fully saturated rings. The van der Waals surface area contributed by atoms with Crippen LogP contribution in [0.1, 0.15) is 0 Å². The molecule has 0 unspecified atom stereocenters. The minimum absolute atomic E-state index is 0.0278. The molecule has 0 aliphatic carbocycles. The molecule has 0 aliphatic rings. The lowest BCUT2D eigenvalue weighted by atomic mass is 10.7. The van der Waals surface area contributed by atoms with Crippen molar-refractivity contribution in [1.29, 1.82) is 0 Å². The van der Waals surface area contributed by atoms with Crippen molar-refractivity contribution in [3.63, 3.8) is 0 Å². The molecule has 0 radical (unpaired) electrons. The van der Waals surface area contributed by atoms with Crippen molar-refractivity contribution < 1.29 is 45.0 Å². The lowest BCUT2D eigenvalue weighted by Crippen LogP contribution is -2.03. The van der Waals surface area contributed by atoms with Gasteiger partial charge in [-0.25, -0.2) is 9.59 Å². The van der Waals surface area contributed by atoms with E-state index in [2.05, 4.69) is 4.74 Å². The number of aliphatic carboxylic acids is 2. The van der Waals surface area contributed by atoms with E-state index in [9.17, 15) is 0 Å². The van der Waals surface area contributed by atoms with Crippen LogP contribution < -0.4 is 0 Å². The molecule has 0 aromatic heterocycles. The third-order valence-corrected chi connectivity index (χ3v) is 0.742. The number of carbonyl (C=O) groups is 2. The van der Waals surface area contributed by atoms with E-state index < -0.39 is 25.2 Å². The number of aliphatic hydroxyl groups is 4. The van der Waals surface area contributed by atoms with E-state index in [1.807, 2.05) is 0 Å². The molecule has 0 aliphatic heterocycles. The average molecular weight is 258 g/mol. The highest BCUT2D eigenvalue weighted by Gasteiger charge is 1.83. The van der Waals surface area contributed by atoms with Gasteiger partial charge >= 0.3 is 11.9 Å². The summed E-state index contributed by atoms with van der Waals surface area (Å²) in [5.41, 5.74) is 0. The molecule has 6 N–H and O–H groups in total. The van der Waals surface area contributed by atoms with Gasteiger partial charge < -0.3 is 35.4 Å². The van der Waals surface area contributed by atoms with Gasteiger partial charge in [-0.1, -0.05) is 0 Å². The molecule has 0 aromatic carbocycles. The maximum Gasteiger partial charge on any atom is 0.329 e.